The third kappa shape index (κ3) is 4.32. The Kier molecular flexibility index (Phi) is 4.82. The summed E-state index contributed by atoms with van der Waals surface area (Å²) >= 11 is 0. The molecule has 1 N–H and O–H groups in total. The number of nitrogens with one attached hydrogen (secondary N) is 1. The molecule has 0 aromatic rings. The van der Waals surface area contributed by atoms with Crippen LogP contribution >= 0.6 is 0 Å². The fraction of sp³-hybridized carbons (Fsp3) is 0.917. The summed E-state index contributed by atoms with van der Waals surface area (Å²) in [5, 5.41) is 2.69. The lowest BCUT2D eigenvalue weighted by Crippen LogP contribution is -2.46. The first kappa shape index (κ1) is 16.5. The summed E-state index contributed by atoms with van der Waals surface area (Å²) in [7, 11) is -6.18. The Hall–Kier alpha value is -0.830. The van der Waals surface area contributed by atoms with Gasteiger partial charge < -0.3 is 10.1 Å². The molecule has 1 amide bonds. The Morgan fingerprint density at radius 2 is 1.57 bits per heavy atom. The van der Waals surface area contributed by atoms with Crippen LogP contribution in [0.25, 0.3) is 0 Å². The third-order valence-corrected chi connectivity index (χ3v) is 7.70. The minimum atomic E-state index is -3.09. The average Bonchev–Trinajstić information content (AvgIpc) is 2.89. The topological polar surface area (TPSA) is 107 Å². The molecule has 2 rings (SSSR count). The normalized spacial score (nSPS) is 31.7. The highest BCUT2D eigenvalue weighted by molar-refractivity contribution is 7.91. The SMILES string of the molecule is CCOC(=O)NC([C@@H]1CCS(=O)(=O)C1)[C@H]1CCS(=O)(=O)C1. The predicted molar refractivity (Wildman–Crippen MR) is 77.5 cm³/mol. The number of carbonyl (C=O) groups is 1. The molecular weight excluding hydrogens is 318 g/mol. The van der Waals surface area contributed by atoms with E-state index in [2.05, 4.69) is 5.32 Å². The quantitative estimate of drug-likeness (QED) is 0.771. The van der Waals surface area contributed by atoms with Gasteiger partial charge in [-0.05, 0) is 31.6 Å². The maximum atomic E-state index is 11.7. The first-order valence-electron chi connectivity index (χ1n) is 7.06. The molecule has 1 unspecified atom stereocenters. The number of ether oxygens (including phenoxy) is 1. The van der Waals surface area contributed by atoms with Crippen molar-refractivity contribution in [3.8, 4) is 0 Å². The van der Waals surface area contributed by atoms with Gasteiger partial charge in [-0.3, -0.25) is 0 Å². The number of alkyl carbamates (subject to hydrolysis) is 1. The van der Waals surface area contributed by atoms with Gasteiger partial charge in [-0.15, -0.1) is 0 Å². The van der Waals surface area contributed by atoms with Gasteiger partial charge in [0.2, 0.25) is 0 Å². The summed E-state index contributed by atoms with van der Waals surface area (Å²) in [4.78, 5) is 11.7. The standard InChI is InChI=1S/C12H21NO6S2/c1-2-19-12(14)13-11(9-3-5-20(15,16)7-9)10-4-6-21(17,18)8-10/h9-11H,2-8H2,1H3,(H,13,14)/t9-,10+,11?. The molecular formula is C12H21NO6S2. The Balaban J connectivity index is 2.13. The van der Waals surface area contributed by atoms with Gasteiger partial charge >= 0.3 is 6.09 Å². The summed E-state index contributed by atoms with van der Waals surface area (Å²) in [6.07, 6.45) is 0.294. The van der Waals surface area contributed by atoms with Gasteiger partial charge in [-0.25, -0.2) is 21.6 Å². The number of amides is 1. The largest absolute Gasteiger partial charge is 0.450 e. The van der Waals surface area contributed by atoms with Crippen molar-refractivity contribution in [1.29, 1.82) is 0 Å². The van der Waals surface area contributed by atoms with Crippen LogP contribution in [-0.4, -0.2) is 58.6 Å². The van der Waals surface area contributed by atoms with Gasteiger partial charge in [-0.2, -0.15) is 0 Å². The molecule has 3 atom stereocenters. The second kappa shape index (κ2) is 6.12. The molecule has 2 aliphatic rings. The van der Waals surface area contributed by atoms with E-state index in [4.69, 9.17) is 4.74 Å². The van der Waals surface area contributed by atoms with Crippen molar-refractivity contribution in [1.82, 2.24) is 5.32 Å². The fourth-order valence-electron chi connectivity index (χ4n) is 3.14. The number of hydrogen-bond acceptors (Lipinski definition) is 6. The second-order valence-electron chi connectivity index (χ2n) is 5.72. The number of carbonyl (C=O) groups excluding carboxylic acids is 1. The van der Waals surface area contributed by atoms with E-state index in [1.165, 1.54) is 0 Å². The monoisotopic (exact) mass is 339 g/mol. The van der Waals surface area contributed by atoms with E-state index < -0.39 is 31.8 Å². The van der Waals surface area contributed by atoms with Crippen molar-refractivity contribution < 1.29 is 26.4 Å². The van der Waals surface area contributed by atoms with Crippen LogP contribution in [-0.2, 0) is 24.4 Å². The Bertz CT molecular complexity index is 553. The van der Waals surface area contributed by atoms with Gasteiger partial charge in [-0.1, -0.05) is 0 Å². The molecule has 0 saturated carbocycles. The van der Waals surface area contributed by atoms with Crippen molar-refractivity contribution in [2.75, 3.05) is 29.6 Å². The van der Waals surface area contributed by atoms with Crippen molar-refractivity contribution in [3.63, 3.8) is 0 Å². The zero-order chi connectivity index (χ0) is 15.7. The maximum absolute atomic E-state index is 11.7. The summed E-state index contributed by atoms with van der Waals surface area (Å²) in [6, 6.07) is -0.460. The molecule has 0 spiro atoms. The number of hydrogen-bond donors (Lipinski definition) is 1. The van der Waals surface area contributed by atoms with E-state index in [0.717, 1.165) is 0 Å². The first-order valence-corrected chi connectivity index (χ1v) is 10.7. The van der Waals surface area contributed by atoms with E-state index in [-0.39, 0.29) is 41.5 Å². The van der Waals surface area contributed by atoms with Gasteiger partial charge in [0.25, 0.3) is 0 Å². The zero-order valence-corrected chi connectivity index (χ0v) is 13.6. The Morgan fingerprint density at radius 3 is 1.90 bits per heavy atom. The van der Waals surface area contributed by atoms with Crippen molar-refractivity contribution in [2.24, 2.45) is 11.8 Å². The molecule has 2 aliphatic heterocycles. The first-order chi connectivity index (χ1) is 9.72. The Labute approximate surface area is 125 Å². The van der Waals surface area contributed by atoms with E-state index in [0.29, 0.717) is 12.8 Å². The summed E-state index contributed by atoms with van der Waals surface area (Å²) in [5.74, 6) is -0.284. The molecule has 0 radical (unpaired) electrons. The molecule has 9 heteroatoms. The predicted octanol–water partition coefficient (Wildman–Crippen LogP) is -0.0295. The van der Waals surface area contributed by atoms with E-state index in [1.807, 2.05) is 0 Å². The highest BCUT2D eigenvalue weighted by Crippen LogP contribution is 2.31. The highest BCUT2D eigenvalue weighted by atomic mass is 32.2. The average molecular weight is 339 g/mol. The van der Waals surface area contributed by atoms with Crippen LogP contribution in [0.4, 0.5) is 4.79 Å². The molecule has 2 saturated heterocycles. The number of rotatable bonds is 4. The Morgan fingerprint density at radius 1 is 1.10 bits per heavy atom. The summed E-state index contributed by atoms with van der Waals surface area (Å²) in [5.41, 5.74) is 0. The van der Waals surface area contributed by atoms with Crippen LogP contribution in [0, 0.1) is 11.8 Å². The molecule has 0 aliphatic carbocycles. The van der Waals surface area contributed by atoms with Crippen LogP contribution in [0.1, 0.15) is 19.8 Å². The van der Waals surface area contributed by atoms with Crippen molar-refractivity contribution >= 4 is 25.8 Å². The van der Waals surface area contributed by atoms with Gasteiger partial charge in [0, 0.05) is 6.04 Å². The van der Waals surface area contributed by atoms with Gasteiger partial charge in [0.1, 0.15) is 0 Å². The lowest BCUT2D eigenvalue weighted by atomic mass is 9.87. The second-order valence-corrected chi connectivity index (χ2v) is 10.2. The van der Waals surface area contributed by atoms with Gasteiger partial charge in [0.05, 0.1) is 29.6 Å². The van der Waals surface area contributed by atoms with E-state index in [1.54, 1.807) is 6.92 Å². The van der Waals surface area contributed by atoms with Crippen molar-refractivity contribution in [3.05, 3.63) is 0 Å². The van der Waals surface area contributed by atoms with Crippen LogP contribution in [0.3, 0.4) is 0 Å². The van der Waals surface area contributed by atoms with Crippen LogP contribution in [0.2, 0.25) is 0 Å². The molecule has 2 fully saturated rings. The zero-order valence-electron chi connectivity index (χ0n) is 11.9. The number of sulfone groups is 2. The maximum Gasteiger partial charge on any atom is 0.407 e. The molecule has 21 heavy (non-hydrogen) atoms. The minimum absolute atomic E-state index is 0.000614. The van der Waals surface area contributed by atoms with Crippen LogP contribution in [0.15, 0.2) is 0 Å². The molecule has 0 aromatic heterocycles. The van der Waals surface area contributed by atoms with Gasteiger partial charge in [0.15, 0.2) is 19.7 Å². The molecule has 0 aromatic carbocycles. The lowest BCUT2D eigenvalue weighted by molar-refractivity contribution is 0.138. The van der Waals surface area contributed by atoms with Crippen LogP contribution < -0.4 is 5.32 Å². The third-order valence-electron chi connectivity index (χ3n) is 4.11. The fourth-order valence-corrected chi connectivity index (χ4v) is 6.85. The van der Waals surface area contributed by atoms with Crippen molar-refractivity contribution in [2.45, 2.75) is 25.8 Å². The summed E-state index contributed by atoms with van der Waals surface area (Å²) < 4.78 is 51.4. The van der Waals surface area contributed by atoms with E-state index >= 15 is 0 Å². The highest BCUT2D eigenvalue weighted by Gasteiger charge is 2.42. The minimum Gasteiger partial charge on any atom is -0.450 e. The van der Waals surface area contributed by atoms with Crippen LogP contribution in [0.5, 0.6) is 0 Å². The van der Waals surface area contributed by atoms with E-state index in [9.17, 15) is 21.6 Å². The smallest absolute Gasteiger partial charge is 0.407 e. The molecule has 0 bridgehead atoms. The molecule has 7 nitrogen and oxygen atoms in total. The summed E-state index contributed by atoms with van der Waals surface area (Å²) in [6.45, 7) is 1.89. The lowest BCUT2D eigenvalue weighted by Gasteiger charge is -2.28. The molecule has 122 valence electrons. The molecule has 2 heterocycles.